The number of methoxy groups -OCH3 is 1. The number of benzene rings is 2. The summed E-state index contributed by atoms with van der Waals surface area (Å²) in [6.45, 7) is 7.24. The van der Waals surface area contributed by atoms with Crippen LogP contribution in [0.15, 0.2) is 52.3 Å². The third kappa shape index (κ3) is 7.19. The first-order chi connectivity index (χ1) is 16.8. The normalized spacial score (nSPS) is 11.8. The fourth-order valence-electron chi connectivity index (χ4n) is 3.69. The average molecular weight is 536 g/mol. The summed E-state index contributed by atoms with van der Waals surface area (Å²) in [6, 6.07) is 12.4. The van der Waals surface area contributed by atoms with E-state index in [1.807, 2.05) is 18.4 Å². The second-order valence-corrected chi connectivity index (χ2v) is 12.0. The highest BCUT2D eigenvalue weighted by molar-refractivity contribution is 7.98. The van der Waals surface area contributed by atoms with Crippen molar-refractivity contribution in [2.75, 3.05) is 50.2 Å². The molecule has 0 aliphatic carbocycles. The molecule has 0 radical (unpaired) electrons. The molecule has 7 nitrogen and oxygen atoms in total. The molecule has 0 atom stereocenters. The lowest BCUT2D eigenvalue weighted by Gasteiger charge is -2.24. The summed E-state index contributed by atoms with van der Waals surface area (Å²) in [5, 5.41) is 0.661. The molecule has 0 saturated carbocycles. The van der Waals surface area contributed by atoms with Crippen molar-refractivity contribution in [3.8, 4) is 5.75 Å². The molecule has 0 aliphatic heterocycles. The van der Waals surface area contributed by atoms with E-state index in [1.54, 1.807) is 28.8 Å². The highest BCUT2D eigenvalue weighted by Gasteiger charge is 2.22. The molecule has 0 saturated heterocycles. The number of aromatic nitrogens is 1. The number of nitrogens with zero attached hydrogens (tertiary/aromatic N) is 3. The van der Waals surface area contributed by atoms with Crippen LogP contribution in [0.2, 0.25) is 0 Å². The molecule has 0 spiro atoms. The number of hydrogen-bond donors (Lipinski definition) is 0. The predicted molar refractivity (Wildman–Crippen MR) is 146 cm³/mol. The molecular weight excluding hydrogens is 502 g/mol. The van der Waals surface area contributed by atoms with Crippen LogP contribution in [0, 0.1) is 0 Å². The van der Waals surface area contributed by atoms with Crippen molar-refractivity contribution >= 4 is 54.2 Å². The topological polar surface area (TPSA) is 79.8 Å². The first-order valence-corrected chi connectivity index (χ1v) is 15.3. The number of amides is 1. The number of rotatable bonds is 13. The summed E-state index contributed by atoms with van der Waals surface area (Å²) < 4.78 is 31.6. The fraction of sp³-hybridized carbons (Fsp3) is 0.440. The number of likely N-dealkylation sites (N-methyl/N-ethyl adjacent to an activating group) is 1. The number of ether oxygens (including phenoxy) is 1. The molecule has 10 heteroatoms. The number of thiazole rings is 1. The van der Waals surface area contributed by atoms with Gasteiger partial charge in [0.15, 0.2) is 15.0 Å². The molecular formula is C25H33N3O4S3. The standard InChI is InChI=1S/C25H33N3O4S3/c1-5-27(6-2)15-16-28(25-26-22-14-11-20(33-4)18-23(22)34-25)24(29)8-7-17-35(30,31)21-12-9-19(32-3)10-13-21/h9-14,18H,5-8,15-17H2,1-4H3. The van der Waals surface area contributed by atoms with E-state index < -0.39 is 9.84 Å². The third-order valence-corrected chi connectivity index (χ3v) is 9.46. The zero-order valence-corrected chi connectivity index (χ0v) is 23.1. The minimum Gasteiger partial charge on any atom is -0.497 e. The van der Waals surface area contributed by atoms with Crippen molar-refractivity contribution in [1.82, 2.24) is 9.88 Å². The minimum absolute atomic E-state index is 0.0914. The SMILES string of the molecule is CCN(CC)CCN(C(=O)CCCS(=O)(=O)c1ccc(OC)cc1)c1nc2ccc(SC)cc2s1. The maximum absolute atomic E-state index is 13.3. The number of anilines is 1. The Balaban J connectivity index is 1.73. The Hall–Kier alpha value is -2.14. The van der Waals surface area contributed by atoms with Crippen molar-refractivity contribution in [2.24, 2.45) is 0 Å². The lowest BCUT2D eigenvalue weighted by molar-refractivity contribution is -0.118. The van der Waals surface area contributed by atoms with E-state index in [0.717, 1.165) is 34.7 Å². The third-order valence-electron chi connectivity index (χ3n) is 5.87. The molecule has 1 amide bonds. The Labute approximate surface area is 216 Å². The summed E-state index contributed by atoms with van der Waals surface area (Å²) in [7, 11) is -1.95. The number of fused-ring (bicyclic) bond motifs is 1. The summed E-state index contributed by atoms with van der Waals surface area (Å²) in [5.41, 5.74) is 0.866. The molecule has 0 N–H and O–H groups in total. The van der Waals surface area contributed by atoms with Crippen molar-refractivity contribution < 1.29 is 17.9 Å². The first kappa shape index (κ1) is 27.4. The molecule has 0 unspecified atom stereocenters. The maximum Gasteiger partial charge on any atom is 0.228 e. The van der Waals surface area contributed by atoms with Crippen LogP contribution in [0.25, 0.3) is 10.2 Å². The predicted octanol–water partition coefficient (Wildman–Crippen LogP) is 4.96. The smallest absolute Gasteiger partial charge is 0.228 e. The lowest BCUT2D eigenvalue weighted by Crippen LogP contribution is -2.38. The Morgan fingerprint density at radius 3 is 2.43 bits per heavy atom. The summed E-state index contributed by atoms with van der Waals surface area (Å²) in [4.78, 5) is 23.4. The molecule has 2 aromatic carbocycles. The van der Waals surface area contributed by atoms with Crippen molar-refractivity contribution in [3.63, 3.8) is 0 Å². The van der Waals surface area contributed by atoms with Crippen molar-refractivity contribution in [3.05, 3.63) is 42.5 Å². The van der Waals surface area contributed by atoms with Gasteiger partial charge in [0.1, 0.15) is 5.75 Å². The van der Waals surface area contributed by atoms with Gasteiger partial charge < -0.3 is 9.64 Å². The molecule has 0 fully saturated rings. The number of sulfone groups is 1. The molecule has 3 rings (SSSR count). The van der Waals surface area contributed by atoms with E-state index in [-0.39, 0.29) is 29.4 Å². The van der Waals surface area contributed by atoms with Gasteiger partial charge in [-0.05, 0) is 68.2 Å². The molecule has 1 aromatic heterocycles. The number of carbonyl (C=O) groups is 1. The van der Waals surface area contributed by atoms with Gasteiger partial charge in [0.05, 0.1) is 28.0 Å². The first-order valence-electron chi connectivity index (χ1n) is 11.6. The van der Waals surface area contributed by atoms with E-state index >= 15 is 0 Å². The van der Waals surface area contributed by atoms with Crippen molar-refractivity contribution in [2.45, 2.75) is 36.5 Å². The van der Waals surface area contributed by atoms with Gasteiger partial charge in [0.2, 0.25) is 5.91 Å². The van der Waals surface area contributed by atoms with E-state index in [1.165, 1.54) is 30.6 Å². The van der Waals surface area contributed by atoms with Crippen LogP contribution < -0.4 is 9.64 Å². The number of hydrogen-bond acceptors (Lipinski definition) is 8. The monoisotopic (exact) mass is 535 g/mol. The highest BCUT2D eigenvalue weighted by Crippen LogP contribution is 2.32. The molecule has 0 aliphatic rings. The van der Waals surface area contributed by atoms with Gasteiger partial charge >= 0.3 is 0 Å². The quantitative estimate of drug-likeness (QED) is 0.286. The minimum atomic E-state index is -3.48. The molecule has 1 heterocycles. The van der Waals surface area contributed by atoms with Gasteiger partial charge in [0.25, 0.3) is 0 Å². The summed E-state index contributed by atoms with van der Waals surface area (Å²) >= 11 is 3.17. The van der Waals surface area contributed by atoms with Crippen LogP contribution in [-0.4, -0.2) is 69.5 Å². The summed E-state index contributed by atoms with van der Waals surface area (Å²) in [6.07, 6.45) is 2.42. The van der Waals surface area contributed by atoms with Crippen LogP contribution >= 0.6 is 23.1 Å². The zero-order valence-electron chi connectivity index (χ0n) is 20.7. The van der Waals surface area contributed by atoms with Crippen LogP contribution in [0.3, 0.4) is 0 Å². The lowest BCUT2D eigenvalue weighted by atomic mass is 10.3. The van der Waals surface area contributed by atoms with Gasteiger partial charge in [0, 0.05) is 24.4 Å². The Bertz CT molecular complexity index is 1220. The Kier molecular flexibility index (Phi) is 9.97. The van der Waals surface area contributed by atoms with Gasteiger partial charge in [-0.15, -0.1) is 11.8 Å². The van der Waals surface area contributed by atoms with Gasteiger partial charge in [-0.2, -0.15) is 0 Å². The highest BCUT2D eigenvalue weighted by atomic mass is 32.2. The molecule has 35 heavy (non-hydrogen) atoms. The van der Waals surface area contributed by atoms with Crippen LogP contribution in [0.5, 0.6) is 5.75 Å². The largest absolute Gasteiger partial charge is 0.497 e. The Morgan fingerprint density at radius 2 is 1.80 bits per heavy atom. The number of thioether (sulfide) groups is 1. The summed E-state index contributed by atoms with van der Waals surface area (Å²) in [5.74, 6) is 0.404. The molecule has 0 bridgehead atoms. The second kappa shape index (κ2) is 12.7. The molecule has 190 valence electrons. The van der Waals surface area contributed by atoms with E-state index in [2.05, 4.69) is 24.8 Å². The Morgan fingerprint density at radius 1 is 1.09 bits per heavy atom. The van der Waals surface area contributed by atoms with Gasteiger partial charge in [-0.25, -0.2) is 13.4 Å². The van der Waals surface area contributed by atoms with Crippen LogP contribution in [0.4, 0.5) is 5.13 Å². The average Bonchev–Trinajstić information content (AvgIpc) is 3.29. The van der Waals surface area contributed by atoms with E-state index in [4.69, 9.17) is 9.72 Å². The van der Waals surface area contributed by atoms with E-state index in [9.17, 15) is 13.2 Å². The second-order valence-electron chi connectivity index (χ2n) is 8.00. The van der Waals surface area contributed by atoms with Crippen LogP contribution in [-0.2, 0) is 14.6 Å². The van der Waals surface area contributed by atoms with Crippen LogP contribution in [0.1, 0.15) is 26.7 Å². The maximum atomic E-state index is 13.3. The van der Waals surface area contributed by atoms with Gasteiger partial charge in [-0.1, -0.05) is 25.2 Å². The number of carbonyl (C=O) groups excluding carboxylic acids is 1. The van der Waals surface area contributed by atoms with E-state index in [0.29, 0.717) is 17.4 Å². The fourth-order valence-corrected chi connectivity index (χ4v) is 6.57. The molecule has 3 aromatic rings. The van der Waals surface area contributed by atoms with Gasteiger partial charge in [-0.3, -0.25) is 9.69 Å². The van der Waals surface area contributed by atoms with Crippen molar-refractivity contribution in [1.29, 1.82) is 0 Å². The zero-order chi connectivity index (χ0) is 25.4.